The second-order valence-corrected chi connectivity index (χ2v) is 8.37. The Morgan fingerprint density at radius 2 is 1.90 bits per heavy atom. The summed E-state index contributed by atoms with van der Waals surface area (Å²) in [6.07, 6.45) is 5.46. The predicted molar refractivity (Wildman–Crippen MR) is 109 cm³/mol. The molecule has 0 spiro atoms. The molecule has 8 nitrogen and oxygen atoms in total. The molecule has 0 saturated carbocycles. The third kappa shape index (κ3) is 4.02. The van der Waals surface area contributed by atoms with Gasteiger partial charge in [0.1, 0.15) is 17.1 Å². The number of fused-ring (bicyclic) bond motifs is 1. The highest BCUT2D eigenvalue weighted by Crippen LogP contribution is 2.29. The lowest BCUT2D eigenvalue weighted by molar-refractivity contribution is 0.0992. The van der Waals surface area contributed by atoms with Gasteiger partial charge in [-0.2, -0.15) is 4.99 Å². The SMILES string of the molecule is C#CCn1c(=NC(=O)c2c(OC)cccc2OC)sc2cc(S(N)(=O)=O)ccc21. The van der Waals surface area contributed by atoms with Crippen molar-refractivity contribution >= 4 is 37.5 Å². The minimum absolute atomic E-state index is 0.0385. The van der Waals surface area contributed by atoms with Crippen molar-refractivity contribution in [3.63, 3.8) is 0 Å². The van der Waals surface area contributed by atoms with E-state index in [4.69, 9.17) is 21.0 Å². The summed E-state index contributed by atoms with van der Waals surface area (Å²) in [4.78, 5) is 17.4. The van der Waals surface area contributed by atoms with Crippen LogP contribution in [0.1, 0.15) is 10.4 Å². The molecular formula is C19H17N3O5S2. The van der Waals surface area contributed by atoms with Gasteiger partial charge in [-0.3, -0.25) is 4.79 Å². The van der Waals surface area contributed by atoms with Crippen molar-refractivity contribution in [2.45, 2.75) is 11.4 Å². The fourth-order valence-corrected chi connectivity index (χ4v) is 4.45. The molecule has 150 valence electrons. The molecule has 29 heavy (non-hydrogen) atoms. The quantitative estimate of drug-likeness (QED) is 0.618. The summed E-state index contributed by atoms with van der Waals surface area (Å²) in [5.74, 6) is 2.57. The Labute approximate surface area is 171 Å². The van der Waals surface area contributed by atoms with E-state index in [0.29, 0.717) is 26.5 Å². The fraction of sp³-hybridized carbons (Fsp3) is 0.158. The average Bonchev–Trinajstić information content (AvgIpc) is 3.03. The van der Waals surface area contributed by atoms with Crippen molar-refractivity contribution in [1.82, 2.24) is 4.57 Å². The van der Waals surface area contributed by atoms with Crippen LogP contribution in [0.25, 0.3) is 10.2 Å². The van der Waals surface area contributed by atoms with Crippen LogP contribution in [0.2, 0.25) is 0 Å². The number of terminal acetylenes is 1. The predicted octanol–water partition coefficient (Wildman–Crippen LogP) is 1.74. The first-order valence-electron chi connectivity index (χ1n) is 8.20. The number of hydrogen-bond acceptors (Lipinski definition) is 6. The molecule has 1 heterocycles. The molecule has 1 amide bonds. The van der Waals surface area contributed by atoms with E-state index in [1.165, 1.54) is 26.4 Å². The first-order chi connectivity index (χ1) is 13.8. The normalized spacial score (nSPS) is 12.0. The zero-order valence-corrected chi connectivity index (χ0v) is 17.2. The van der Waals surface area contributed by atoms with Gasteiger partial charge in [-0.1, -0.05) is 23.3 Å². The first kappa shape index (κ1) is 20.6. The number of hydrogen-bond donors (Lipinski definition) is 1. The molecular weight excluding hydrogens is 414 g/mol. The van der Waals surface area contributed by atoms with E-state index in [2.05, 4.69) is 10.9 Å². The van der Waals surface area contributed by atoms with Gasteiger partial charge in [0.05, 0.1) is 35.9 Å². The molecule has 3 aromatic rings. The van der Waals surface area contributed by atoms with Crippen LogP contribution in [0, 0.1) is 12.3 Å². The Bertz CT molecular complexity index is 1290. The number of carbonyl (C=O) groups excluding carboxylic acids is 1. The van der Waals surface area contributed by atoms with E-state index in [9.17, 15) is 13.2 Å². The first-order valence-corrected chi connectivity index (χ1v) is 10.6. The van der Waals surface area contributed by atoms with E-state index >= 15 is 0 Å². The minimum atomic E-state index is -3.87. The van der Waals surface area contributed by atoms with Gasteiger partial charge in [-0.15, -0.1) is 6.42 Å². The van der Waals surface area contributed by atoms with Gasteiger partial charge in [0.25, 0.3) is 5.91 Å². The smallest absolute Gasteiger partial charge is 0.287 e. The largest absolute Gasteiger partial charge is 0.496 e. The standard InChI is InChI=1S/C19H17N3O5S2/c1-4-10-22-13-9-8-12(29(20,24)25)11-16(13)28-19(22)21-18(23)17-14(26-2)6-5-7-15(17)27-3/h1,5-9,11H,10H2,2-3H3,(H2,20,24,25). The summed E-state index contributed by atoms with van der Waals surface area (Å²) in [7, 11) is -0.982. The van der Waals surface area contributed by atoms with E-state index in [1.807, 2.05) is 0 Å². The number of ether oxygens (including phenoxy) is 2. The molecule has 0 atom stereocenters. The Kier molecular flexibility index (Phi) is 5.74. The van der Waals surface area contributed by atoms with Crippen molar-refractivity contribution in [2.75, 3.05) is 14.2 Å². The number of methoxy groups -OCH3 is 2. The van der Waals surface area contributed by atoms with Crippen LogP contribution in [0.15, 0.2) is 46.3 Å². The summed E-state index contributed by atoms with van der Waals surface area (Å²) in [6, 6.07) is 9.34. The summed E-state index contributed by atoms with van der Waals surface area (Å²) < 4.78 is 36.0. The highest BCUT2D eigenvalue weighted by molar-refractivity contribution is 7.89. The number of rotatable bonds is 5. The Hall–Kier alpha value is -3.13. The van der Waals surface area contributed by atoms with Crippen LogP contribution >= 0.6 is 11.3 Å². The number of amides is 1. The van der Waals surface area contributed by atoms with Crippen LogP contribution < -0.4 is 19.4 Å². The van der Waals surface area contributed by atoms with Crippen LogP contribution in [0.4, 0.5) is 0 Å². The van der Waals surface area contributed by atoms with Crippen LogP contribution in [0.3, 0.4) is 0 Å². The van der Waals surface area contributed by atoms with Gasteiger partial charge < -0.3 is 14.0 Å². The van der Waals surface area contributed by atoms with Gasteiger partial charge >= 0.3 is 0 Å². The van der Waals surface area contributed by atoms with E-state index in [1.54, 1.807) is 28.8 Å². The van der Waals surface area contributed by atoms with Crippen LogP contribution in [0.5, 0.6) is 11.5 Å². The molecule has 0 fully saturated rings. The highest BCUT2D eigenvalue weighted by Gasteiger charge is 2.19. The number of benzene rings is 2. The van der Waals surface area contributed by atoms with Crippen molar-refractivity contribution in [1.29, 1.82) is 0 Å². The van der Waals surface area contributed by atoms with Gasteiger partial charge in [0.15, 0.2) is 4.80 Å². The maximum absolute atomic E-state index is 12.9. The zero-order chi connectivity index (χ0) is 21.2. The van der Waals surface area contributed by atoms with E-state index in [0.717, 1.165) is 11.3 Å². The van der Waals surface area contributed by atoms with Crippen molar-refractivity contribution in [2.24, 2.45) is 10.1 Å². The molecule has 0 saturated heterocycles. The third-order valence-corrected chi connectivity index (χ3v) is 6.02. The number of aromatic nitrogens is 1. The minimum Gasteiger partial charge on any atom is -0.496 e. The molecule has 0 aliphatic carbocycles. The molecule has 0 unspecified atom stereocenters. The Morgan fingerprint density at radius 1 is 1.24 bits per heavy atom. The summed E-state index contributed by atoms with van der Waals surface area (Å²) in [5, 5.41) is 5.20. The number of primary sulfonamides is 1. The van der Waals surface area contributed by atoms with Gasteiger partial charge in [0, 0.05) is 0 Å². The number of nitrogens with zero attached hydrogens (tertiary/aromatic N) is 2. The number of sulfonamides is 1. The summed E-state index contributed by atoms with van der Waals surface area (Å²) >= 11 is 1.12. The van der Waals surface area contributed by atoms with Gasteiger partial charge in [-0.25, -0.2) is 13.6 Å². The third-order valence-electron chi connectivity index (χ3n) is 4.07. The molecule has 0 aliphatic heterocycles. The molecule has 0 aliphatic rings. The number of nitrogens with two attached hydrogens (primary N) is 1. The van der Waals surface area contributed by atoms with Crippen molar-refractivity contribution < 1.29 is 22.7 Å². The second-order valence-electron chi connectivity index (χ2n) is 5.80. The molecule has 0 radical (unpaired) electrons. The summed E-state index contributed by atoms with van der Waals surface area (Å²) in [5.41, 5.74) is 0.811. The zero-order valence-electron chi connectivity index (χ0n) is 15.6. The second kappa shape index (κ2) is 8.08. The maximum atomic E-state index is 12.9. The van der Waals surface area contributed by atoms with Crippen LogP contribution in [-0.2, 0) is 16.6 Å². The molecule has 10 heteroatoms. The Morgan fingerprint density at radius 3 is 2.45 bits per heavy atom. The lowest BCUT2D eigenvalue weighted by atomic mass is 10.1. The maximum Gasteiger partial charge on any atom is 0.287 e. The fourth-order valence-electron chi connectivity index (χ4n) is 2.76. The summed E-state index contributed by atoms with van der Waals surface area (Å²) in [6.45, 7) is 0.143. The monoisotopic (exact) mass is 431 g/mol. The highest BCUT2D eigenvalue weighted by atomic mass is 32.2. The number of carbonyl (C=O) groups is 1. The lowest BCUT2D eigenvalue weighted by Crippen LogP contribution is -2.17. The molecule has 2 aromatic carbocycles. The van der Waals surface area contributed by atoms with E-state index < -0.39 is 15.9 Å². The van der Waals surface area contributed by atoms with Gasteiger partial charge in [-0.05, 0) is 30.3 Å². The van der Waals surface area contributed by atoms with Crippen LogP contribution in [-0.4, -0.2) is 33.1 Å². The average molecular weight is 431 g/mol. The molecule has 1 aromatic heterocycles. The molecule has 2 N–H and O–H groups in total. The van der Waals surface area contributed by atoms with Crippen molar-refractivity contribution in [3.8, 4) is 23.8 Å². The Balaban J connectivity index is 2.24. The molecule has 3 rings (SSSR count). The number of thiazole rings is 1. The van der Waals surface area contributed by atoms with Gasteiger partial charge in [0.2, 0.25) is 10.0 Å². The lowest BCUT2D eigenvalue weighted by Gasteiger charge is -2.09. The molecule has 0 bridgehead atoms. The van der Waals surface area contributed by atoms with Crippen molar-refractivity contribution in [3.05, 3.63) is 46.8 Å². The topological polar surface area (TPSA) is 113 Å². The van der Waals surface area contributed by atoms with E-state index in [-0.39, 0.29) is 17.0 Å².